The Kier molecular flexibility index (Phi) is 7.39. The molecule has 0 spiro atoms. The molecular formula is C33H33N5O3. The normalized spacial score (nSPS) is 19.4. The molecule has 4 aromatic rings. The summed E-state index contributed by atoms with van der Waals surface area (Å²) in [7, 11) is 0. The van der Waals surface area contributed by atoms with Crippen molar-refractivity contribution < 1.29 is 14.4 Å². The van der Waals surface area contributed by atoms with Gasteiger partial charge in [0.15, 0.2) is 0 Å². The second kappa shape index (κ2) is 11.4. The first-order valence-corrected chi connectivity index (χ1v) is 14.0. The molecule has 4 amide bonds. The van der Waals surface area contributed by atoms with Crippen LogP contribution in [-0.2, 0) is 22.7 Å². The van der Waals surface area contributed by atoms with E-state index in [1.807, 2.05) is 91.9 Å². The van der Waals surface area contributed by atoms with E-state index in [-0.39, 0.29) is 30.9 Å². The van der Waals surface area contributed by atoms with Crippen LogP contribution in [0.5, 0.6) is 0 Å². The standard InChI is InChI=1S/C33H33N5O3/c1-2-36-23-30(39)37-29(38(36)33(41)34-20-24-12-5-3-6-13-24)22-35(32(40)31(37)26-15-7-4-8-16-26)21-27-18-11-17-25-14-9-10-19-28(25)27/h3-19,29,31H,2,20-23H2,1H3,(H,34,41)/t29-,31-/m0/s1. The molecule has 2 heterocycles. The highest BCUT2D eigenvalue weighted by molar-refractivity contribution is 5.93. The van der Waals surface area contributed by atoms with Gasteiger partial charge in [-0.25, -0.2) is 14.8 Å². The third-order valence-electron chi connectivity index (χ3n) is 7.94. The summed E-state index contributed by atoms with van der Waals surface area (Å²) in [6.07, 6.45) is -0.662. The number of fused-ring (bicyclic) bond motifs is 2. The topological polar surface area (TPSA) is 76.2 Å². The fourth-order valence-corrected chi connectivity index (χ4v) is 5.95. The minimum Gasteiger partial charge on any atom is -0.333 e. The smallest absolute Gasteiger partial charge is 0.333 e. The molecule has 4 aromatic carbocycles. The maximum atomic E-state index is 14.2. The molecule has 2 fully saturated rings. The van der Waals surface area contributed by atoms with Crippen molar-refractivity contribution >= 4 is 28.6 Å². The van der Waals surface area contributed by atoms with Crippen molar-refractivity contribution in [2.45, 2.75) is 32.2 Å². The van der Waals surface area contributed by atoms with Crippen molar-refractivity contribution in [3.63, 3.8) is 0 Å². The Hall–Kier alpha value is -4.69. The lowest BCUT2D eigenvalue weighted by Crippen LogP contribution is -2.74. The van der Waals surface area contributed by atoms with Crippen molar-refractivity contribution in [3.05, 3.63) is 120 Å². The predicted molar refractivity (Wildman–Crippen MR) is 157 cm³/mol. The van der Waals surface area contributed by atoms with Gasteiger partial charge in [0.1, 0.15) is 12.2 Å². The van der Waals surface area contributed by atoms with Gasteiger partial charge in [0, 0.05) is 19.6 Å². The number of nitrogens with zero attached hydrogens (tertiary/aromatic N) is 4. The zero-order valence-electron chi connectivity index (χ0n) is 23.0. The molecule has 41 heavy (non-hydrogen) atoms. The van der Waals surface area contributed by atoms with Crippen LogP contribution in [0.15, 0.2) is 103 Å². The Morgan fingerprint density at radius 1 is 0.854 bits per heavy atom. The molecule has 0 unspecified atom stereocenters. The molecule has 8 nitrogen and oxygen atoms in total. The molecule has 2 aliphatic heterocycles. The molecule has 8 heteroatoms. The Labute approximate surface area is 239 Å². The Balaban J connectivity index is 1.38. The number of carbonyl (C=O) groups is 3. The monoisotopic (exact) mass is 547 g/mol. The molecule has 0 bridgehead atoms. The first kappa shape index (κ1) is 26.5. The van der Waals surface area contributed by atoms with Gasteiger partial charge in [-0.15, -0.1) is 0 Å². The lowest BCUT2D eigenvalue weighted by molar-refractivity contribution is -0.191. The number of hydrogen-bond donors (Lipinski definition) is 1. The van der Waals surface area contributed by atoms with Gasteiger partial charge in [0.05, 0.1) is 13.1 Å². The van der Waals surface area contributed by atoms with Gasteiger partial charge in [-0.05, 0) is 27.5 Å². The van der Waals surface area contributed by atoms with Gasteiger partial charge in [0.25, 0.3) is 5.91 Å². The summed E-state index contributed by atoms with van der Waals surface area (Å²) in [5.74, 6) is -0.320. The van der Waals surface area contributed by atoms with E-state index in [9.17, 15) is 14.4 Å². The van der Waals surface area contributed by atoms with Gasteiger partial charge in [0.2, 0.25) is 5.91 Å². The summed E-state index contributed by atoms with van der Waals surface area (Å²) in [6.45, 7) is 3.35. The van der Waals surface area contributed by atoms with Crippen molar-refractivity contribution in [2.24, 2.45) is 0 Å². The molecule has 2 atom stereocenters. The zero-order chi connectivity index (χ0) is 28.3. The molecule has 208 valence electrons. The summed E-state index contributed by atoms with van der Waals surface area (Å²) < 4.78 is 0. The second-order valence-electron chi connectivity index (χ2n) is 10.4. The van der Waals surface area contributed by atoms with Gasteiger partial charge in [-0.2, -0.15) is 0 Å². The van der Waals surface area contributed by atoms with E-state index in [1.165, 1.54) is 0 Å². The average molecular weight is 548 g/mol. The minimum absolute atomic E-state index is 0.0195. The first-order valence-electron chi connectivity index (χ1n) is 14.0. The lowest BCUT2D eigenvalue weighted by Gasteiger charge is -2.55. The summed E-state index contributed by atoms with van der Waals surface area (Å²) >= 11 is 0. The molecule has 0 saturated carbocycles. The largest absolute Gasteiger partial charge is 0.334 e. The van der Waals surface area contributed by atoms with Gasteiger partial charge >= 0.3 is 6.03 Å². The highest BCUT2D eigenvalue weighted by Crippen LogP contribution is 2.36. The van der Waals surface area contributed by atoms with Crippen LogP contribution in [0.1, 0.15) is 29.7 Å². The van der Waals surface area contributed by atoms with Crippen LogP contribution >= 0.6 is 0 Å². The number of carbonyl (C=O) groups excluding carboxylic acids is 3. The van der Waals surface area contributed by atoms with Crippen LogP contribution in [0.3, 0.4) is 0 Å². The fourth-order valence-electron chi connectivity index (χ4n) is 5.95. The van der Waals surface area contributed by atoms with Crippen LogP contribution < -0.4 is 5.32 Å². The second-order valence-corrected chi connectivity index (χ2v) is 10.4. The lowest BCUT2D eigenvalue weighted by atomic mass is 9.97. The number of amides is 4. The Bertz CT molecular complexity index is 1560. The van der Waals surface area contributed by atoms with Crippen LogP contribution in [-0.4, -0.2) is 63.5 Å². The van der Waals surface area contributed by atoms with E-state index in [1.54, 1.807) is 19.8 Å². The molecule has 2 saturated heterocycles. The van der Waals surface area contributed by atoms with E-state index < -0.39 is 12.2 Å². The Morgan fingerprint density at radius 3 is 2.29 bits per heavy atom. The van der Waals surface area contributed by atoms with Crippen LogP contribution in [0, 0.1) is 0 Å². The van der Waals surface area contributed by atoms with E-state index >= 15 is 0 Å². The molecule has 0 radical (unpaired) electrons. The predicted octanol–water partition coefficient (Wildman–Crippen LogP) is 4.54. The molecular weight excluding hydrogens is 514 g/mol. The fraction of sp³-hybridized carbons (Fsp3) is 0.242. The molecule has 6 rings (SSSR count). The third-order valence-corrected chi connectivity index (χ3v) is 7.94. The van der Waals surface area contributed by atoms with E-state index in [4.69, 9.17) is 0 Å². The molecule has 0 aliphatic carbocycles. The highest BCUT2D eigenvalue weighted by Gasteiger charge is 2.51. The van der Waals surface area contributed by atoms with Crippen molar-refractivity contribution in [2.75, 3.05) is 19.6 Å². The third kappa shape index (κ3) is 5.14. The quantitative estimate of drug-likeness (QED) is 0.385. The molecule has 0 aromatic heterocycles. The van der Waals surface area contributed by atoms with Gasteiger partial charge < -0.3 is 15.1 Å². The number of nitrogens with one attached hydrogen (secondary N) is 1. The maximum Gasteiger partial charge on any atom is 0.334 e. The number of likely N-dealkylation sites (N-methyl/N-ethyl adjacent to an activating group) is 1. The molecule has 1 N–H and O–H groups in total. The van der Waals surface area contributed by atoms with E-state index in [0.29, 0.717) is 19.6 Å². The maximum absolute atomic E-state index is 14.2. The SMILES string of the molecule is CCN1CC(=O)N2[C@@H](c3ccccc3)C(=O)N(Cc3cccc4ccccc34)C[C@@H]2N1C(=O)NCc1ccccc1. The first-order chi connectivity index (χ1) is 20.0. The minimum atomic E-state index is -0.833. The van der Waals surface area contributed by atoms with Crippen molar-refractivity contribution in [1.82, 2.24) is 25.1 Å². The van der Waals surface area contributed by atoms with Crippen LogP contribution in [0.25, 0.3) is 10.8 Å². The highest BCUT2D eigenvalue weighted by atomic mass is 16.2. The number of hydrazine groups is 1. The zero-order valence-corrected chi connectivity index (χ0v) is 23.0. The number of rotatable bonds is 6. The van der Waals surface area contributed by atoms with Crippen molar-refractivity contribution in [1.29, 1.82) is 0 Å². The summed E-state index contributed by atoms with van der Waals surface area (Å²) in [6, 6.07) is 32.2. The van der Waals surface area contributed by atoms with Crippen molar-refractivity contribution in [3.8, 4) is 0 Å². The summed E-state index contributed by atoms with van der Waals surface area (Å²) in [5, 5.41) is 8.63. The van der Waals surface area contributed by atoms with Crippen LogP contribution in [0.4, 0.5) is 4.79 Å². The number of piperazine rings is 1. The number of urea groups is 1. The van der Waals surface area contributed by atoms with E-state index in [2.05, 4.69) is 23.5 Å². The van der Waals surface area contributed by atoms with Crippen LogP contribution in [0.2, 0.25) is 0 Å². The number of benzene rings is 4. The Morgan fingerprint density at radius 2 is 1.54 bits per heavy atom. The van der Waals surface area contributed by atoms with Gasteiger partial charge in [-0.3, -0.25) is 9.59 Å². The summed E-state index contributed by atoms with van der Waals surface area (Å²) in [5.41, 5.74) is 2.73. The van der Waals surface area contributed by atoms with Gasteiger partial charge in [-0.1, -0.05) is 110 Å². The molecule has 2 aliphatic rings. The number of hydrogen-bond acceptors (Lipinski definition) is 4. The average Bonchev–Trinajstić information content (AvgIpc) is 3.01. The van der Waals surface area contributed by atoms with E-state index in [0.717, 1.165) is 27.5 Å². The summed E-state index contributed by atoms with van der Waals surface area (Å²) in [4.78, 5) is 45.1.